The molecule has 0 radical (unpaired) electrons. The van der Waals surface area contributed by atoms with E-state index in [0.717, 1.165) is 18.4 Å². The molecule has 0 heterocycles. The number of carbonyl (C=O) groups excluding carboxylic acids is 1. The summed E-state index contributed by atoms with van der Waals surface area (Å²) in [5, 5.41) is 0. The molecule has 0 saturated heterocycles. The highest BCUT2D eigenvalue weighted by atomic mass is 16.1. The Morgan fingerprint density at radius 2 is 1.76 bits per heavy atom. The molecular formula is C19H25NO. The second kappa shape index (κ2) is 4.81. The molecule has 21 heavy (non-hydrogen) atoms. The second-order valence-electron chi connectivity index (χ2n) is 7.14. The monoisotopic (exact) mass is 283 g/mol. The van der Waals surface area contributed by atoms with Gasteiger partial charge in [0, 0.05) is 11.8 Å². The standard InChI is InChI=1S/C19H25NO/c1-11-12(2)18(21)16-6-5-14(11)17-8-10-19(4,20)9-7-15(17)13(16)3/h7-10,13-14,16H,5-6,20H2,1-4H3. The summed E-state index contributed by atoms with van der Waals surface area (Å²) >= 11 is 0. The van der Waals surface area contributed by atoms with Crippen molar-refractivity contribution in [3.05, 3.63) is 46.6 Å². The van der Waals surface area contributed by atoms with Gasteiger partial charge in [0.2, 0.25) is 0 Å². The molecule has 0 aromatic heterocycles. The third-order valence-electron chi connectivity index (χ3n) is 5.63. The molecule has 4 unspecified atom stereocenters. The van der Waals surface area contributed by atoms with Gasteiger partial charge in [0.25, 0.3) is 0 Å². The predicted molar refractivity (Wildman–Crippen MR) is 86.7 cm³/mol. The van der Waals surface area contributed by atoms with E-state index in [2.05, 4.69) is 38.2 Å². The van der Waals surface area contributed by atoms with Crippen LogP contribution in [0.5, 0.6) is 0 Å². The maximum atomic E-state index is 12.7. The number of ketones is 1. The van der Waals surface area contributed by atoms with Crippen LogP contribution in [0.2, 0.25) is 0 Å². The first-order valence-electron chi connectivity index (χ1n) is 7.95. The summed E-state index contributed by atoms with van der Waals surface area (Å²) in [6.07, 6.45) is 10.6. The molecule has 2 bridgehead atoms. The Morgan fingerprint density at radius 1 is 1.14 bits per heavy atom. The van der Waals surface area contributed by atoms with Crippen molar-refractivity contribution in [1.82, 2.24) is 0 Å². The van der Waals surface area contributed by atoms with Crippen molar-refractivity contribution in [2.24, 2.45) is 23.5 Å². The van der Waals surface area contributed by atoms with Gasteiger partial charge in [-0.2, -0.15) is 0 Å². The van der Waals surface area contributed by atoms with Crippen molar-refractivity contribution in [2.45, 2.75) is 46.1 Å². The number of Topliss-reactive ketones (excluding diaryl/α,β-unsaturated/α-hetero) is 1. The van der Waals surface area contributed by atoms with Crippen molar-refractivity contribution in [2.75, 3.05) is 0 Å². The predicted octanol–water partition coefficient (Wildman–Crippen LogP) is 3.71. The van der Waals surface area contributed by atoms with E-state index < -0.39 is 5.54 Å². The number of hydrogen-bond acceptors (Lipinski definition) is 2. The molecule has 2 N–H and O–H groups in total. The minimum absolute atomic E-state index is 0.123. The van der Waals surface area contributed by atoms with Gasteiger partial charge in [-0.1, -0.05) is 36.8 Å². The van der Waals surface area contributed by atoms with Gasteiger partial charge in [0.15, 0.2) is 5.78 Å². The largest absolute Gasteiger partial charge is 0.319 e. The van der Waals surface area contributed by atoms with Gasteiger partial charge in [-0.25, -0.2) is 0 Å². The molecule has 0 amide bonds. The molecule has 0 aromatic carbocycles. The molecule has 2 nitrogen and oxygen atoms in total. The highest BCUT2D eigenvalue weighted by Crippen LogP contribution is 2.46. The van der Waals surface area contributed by atoms with E-state index in [0.29, 0.717) is 11.7 Å². The number of nitrogens with two attached hydrogens (primary N) is 1. The number of allylic oxidation sites excluding steroid dienone is 6. The van der Waals surface area contributed by atoms with E-state index in [1.54, 1.807) is 0 Å². The molecule has 0 aromatic rings. The van der Waals surface area contributed by atoms with E-state index in [4.69, 9.17) is 5.73 Å². The fourth-order valence-electron chi connectivity index (χ4n) is 4.03. The van der Waals surface area contributed by atoms with E-state index in [1.165, 1.54) is 16.7 Å². The Labute approximate surface area is 127 Å². The van der Waals surface area contributed by atoms with Gasteiger partial charge in [0.1, 0.15) is 0 Å². The van der Waals surface area contributed by atoms with Gasteiger partial charge in [-0.05, 0) is 56.3 Å². The molecular weight excluding hydrogens is 258 g/mol. The molecule has 3 rings (SSSR count). The lowest BCUT2D eigenvalue weighted by Crippen LogP contribution is -2.30. The van der Waals surface area contributed by atoms with Crippen LogP contribution in [-0.4, -0.2) is 11.3 Å². The first kappa shape index (κ1) is 14.5. The smallest absolute Gasteiger partial charge is 0.162 e. The molecule has 4 atom stereocenters. The molecule has 0 saturated carbocycles. The van der Waals surface area contributed by atoms with Crippen LogP contribution in [0, 0.1) is 17.8 Å². The third kappa shape index (κ3) is 2.26. The Bertz CT molecular complexity index is 615. The van der Waals surface area contributed by atoms with Gasteiger partial charge in [-0.15, -0.1) is 0 Å². The van der Waals surface area contributed by atoms with Crippen molar-refractivity contribution < 1.29 is 4.79 Å². The average molecular weight is 283 g/mol. The van der Waals surface area contributed by atoms with Gasteiger partial charge in [-0.3, -0.25) is 4.79 Å². The Morgan fingerprint density at radius 3 is 2.43 bits per heavy atom. The summed E-state index contributed by atoms with van der Waals surface area (Å²) in [5.74, 6) is 1.12. The Kier molecular flexibility index (Phi) is 3.32. The quantitative estimate of drug-likeness (QED) is 0.736. The van der Waals surface area contributed by atoms with Crippen LogP contribution in [0.25, 0.3) is 0 Å². The normalized spacial score (nSPS) is 39.3. The van der Waals surface area contributed by atoms with Gasteiger partial charge < -0.3 is 5.73 Å². The Balaban J connectivity index is 2.21. The average Bonchev–Trinajstić information content (AvgIpc) is 2.72. The molecule has 0 aliphatic heterocycles. The highest BCUT2D eigenvalue weighted by Gasteiger charge is 2.39. The van der Waals surface area contributed by atoms with Crippen LogP contribution < -0.4 is 5.73 Å². The highest BCUT2D eigenvalue weighted by molar-refractivity contribution is 5.98. The van der Waals surface area contributed by atoms with Crippen molar-refractivity contribution >= 4 is 5.78 Å². The molecule has 0 fully saturated rings. The second-order valence-corrected chi connectivity index (χ2v) is 7.14. The van der Waals surface area contributed by atoms with E-state index in [1.807, 2.05) is 13.8 Å². The lowest BCUT2D eigenvalue weighted by atomic mass is 9.77. The number of hydrogen-bond donors (Lipinski definition) is 1. The molecule has 3 aliphatic rings. The summed E-state index contributed by atoms with van der Waals surface area (Å²) in [6, 6.07) is 0. The topological polar surface area (TPSA) is 43.1 Å². The van der Waals surface area contributed by atoms with E-state index in [9.17, 15) is 4.79 Å². The van der Waals surface area contributed by atoms with Crippen molar-refractivity contribution in [3.63, 3.8) is 0 Å². The van der Waals surface area contributed by atoms with Gasteiger partial charge >= 0.3 is 0 Å². The summed E-state index contributed by atoms with van der Waals surface area (Å²) < 4.78 is 0. The maximum Gasteiger partial charge on any atom is 0.162 e. The van der Waals surface area contributed by atoms with Crippen LogP contribution in [0.3, 0.4) is 0 Å². The zero-order chi connectivity index (χ0) is 15.4. The lowest BCUT2D eigenvalue weighted by molar-refractivity contribution is -0.120. The third-order valence-corrected chi connectivity index (χ3v) is 5.63. The van der Waals surface area contributed by atoms with Crippen LogP contribution in [0.4, 0.5) is 0 Å². The Hall–Kier alpha value is -1.41. The summed E-state index contributed by atoms with van der Waals surface area (Å²) in [6.45, 7) is 8.35. The fraction of sp³-hybridized carbons (Fsp3) is 0.526. The summed E-state index contributed by atoms with van der Waals surface area (Å²) in [4.78, 5) is 12.7. The molecule has 3 aliphatic carbocycles. The van der Waals surface area contributed by atoms with Crippen LogP contribution in [0.1, 0.15) is 40.5 Å². The van der Waals surface area contributed by atoms with Crippen molar-refractivity contribution in [3.8, 4) is 0 Å². The first-order chi connectivity index (χ1) is 9.82. The first-order valence-corrected chi connectivity index (χ1v) is 7.95. The van der Waals surface area contributed by atoms with Crippen LogP contribution in [0.15, 0.2) is 46.6 Å². The van der Waals surface area contributed by atoms with Crippen LogP contribution >= 0.6 is 0 Å². The van der Waals surface area contributed by atoms with Crippen molar-refractivity contribution in [1.29, 1.82) is 0 Å². The minimum Gasteiger partial charge on any atom is -0.319 e. The maximum absolute atomic E-state index is 12.7. The van der Waals surface area contributed by atoms with Crippen LogP contribution in [-0.2, 0) is 4.79 Å². The lowest BCUT2D eigenvalue weighted by Gasteiger charge is -2.26. The SMILES string of the molecule is CC1=C(C)C2CCC(C1=O)C(C)C1=C2C=CC(C)(N)C=C1. The summed E-state index contributed by atoms with van der Waals surface area (Å²) in [7, 11) is 0. The number of rotatable bonds is 0. The molecule has 0 spiro atoms. The number of carbonyl (C=O) groups is 1. The fourth-order valence-corrected chi connectivity index (χ4v) is 4.03. The zero-order valence-corrected chi connectivity index (χ0v) is 13.4. The van der Waals surface area contributed by atoms with Gasteiger partial charge in [0.05, 0.1) is 5.54 Å². The molecule has 2 heteroatoms. The zero-order valence-electron chi connectivity index (χ0n) is 13.4. The summed E-state index contributed by atoms with van der Waals surface area (Å²) in [5.41, 5.74) is 10.8. The van der Waals surface area contributed by atoms with E-state index >= 15 is 0 Å². The molecule has 112 valence electrons. The number of fused-ring (bicyclic) bond motifs is 4. The minimum atomic E-state index is -0.406. The van der Waals surface area contributed by atoms with E-state index in [-0.39, 0.29) is 11.8 Å².